The maximum Gasteiger partial charge on any atom is 0.407 e. The molecule has 1 aromatic rings. The quantitative estimate of drug-likeness (QED) is 0.806. The molecule has 1 aliphatic rings. The highest BCUT2D eigenvalue weighted by atomic mass is 16.6. The van der Waals surface area contributed by atoms with Gasteiger partial charge in [-0.2, -0.15) is 0 Å². The van der Waals surface area contributed by atoms with Gasteiger partial charge < -0.3 is 15.0 Å². The molecule has 6 heteroatoms. The topological polar surface area (TPSA) is 61.9 Å². The van der Waals surface area contributed by atoms with Gasteiger partial charge in [0.15, 0.2) is 0 Å². The van der Waals surface area contributed by atoms with E-state index in [1.807, 2.05) is 69.9 Å². The van der Waals surface area contributed by atoms with Crippen molar-refractivity contribution in [3.05, 3.63) is 30.3 Å². The molecule has 0 aliphatic carbocycles. The summed E-state index contributed by atoms with van der Waals surface area (Å²) in [7, 11) is 0. The van der Waals surface area contributed by atoms with E-state index in [4.69, 9.17) is 4.74 Å². The summed E-state index contributed by atoms with van der Waals surface area (Å²) in [6.45, 7) is 12.3. The largest absolute Gasteiger partial charge is 0.444 e. The van der Waals surface area contributed by atoms with Crippen LogP contribution in [-0.2, 0) is 9.53 Å². The predicted octanol–water partition coefficient (Wildman–Crippen LogP) is 3.66. The van der Waals surface area contributed by atoms with Crippen molar-refractivity contribution in [2.75, 3.05) is 31.1 Å². The van der Waals surface area contributed by atoms with Gasteiger partial charge in [-0.25, -0.2) is 4.79 Å². The summed E-state index contributed by atoms with van der Waals surface area (Å²) in [6, 6.07) is 9.92. The fraction of sp³-hybridized carbons (Fsp3) is 0.636. The fourth-order valence-electron chi connectivity index (χ4n) is 3.59. The molecule has 2 rings (SSSR count). The molecule has 0 bridgehead atoms. The Bertz CT molecular complexity index is 640. The molecular formula is C22H35N3O3. The minimum atomic E-state index is -0.493. The zero-order valence-electron chi connectivity index (χ0n) is 17.9. The van der Waals surface area contributed by atoms with Gasteiger partial charge in [-0.05, 0) is 72.1 Å². The number of carbonyl (C=O) groups is 2. The van der Waals surface area contributed by atoms with Gasteiger partial charge in [-0.15, -0.1) is 0 Å². The van der Waals surface area contributed by atoms with Crippen molar-refractivity contribution < 1.29 is 14.3 Å². The zero-order valence-corrected chi connectivity index (χ0v) is 17.9. The lowest BCUT2D eigenvalue weighted by molar-refractivity contribution is -0.120. The molecular weight excluding hydrogens is 354 g/mol. The first kappa shape index (κ1) is 22.2. The first-order chi connectivity index (χ1) is 13.2. The predicted molar refractivity (Wildman–Crippen MR) is 112 cm³/mol. The lowest BCUT2D eigenvalue weighted by atomic mass is 9.98. The van der Waals surface area contributed by atoms with E-state index in [2.05, 4.69) is 10.2 Å². The molecule has 1 N–H and O–H groups in total. The molecule has 1 atom stereocenters. The minimum Gasteiger partial charge on any atom is -0.444 e. The Kier molecular flexibility index (Phi) is 7.87. The van der Waals surface area contributed by atoms with E-state index >= 15 is 0 Å². The smallest absolute Gasteiger partial charge is 0.407 e. The molecule has 1 aromatic carbocycles. The summed E-state index contributed by atoms with van der Waals surface area (Å²) >= 11 is 0. The van der Waals surface area contributed by atoms with Crippen LogP contribution in [0.15, 0.2) is 30.3 Å². The van der Waals surface area contributed by atoms with Crippen LogP contribution < -0.4 is 10.2 Å². The summed E-state index contributed by atoms with van der Waals surface area (Å²) in [4.78, 5) is 28.9. The van der Waals surface area contributed by atoms with Crippen molar-refractivity contribution in [3.8, 4) is 0 Å². The van der Waals surface area contributed by atoms with E-state index in [1.165, 1.54) is 0 Å². The number of hydrogen-bond acceptors (Lipinski definition) is 4. The van der Waals surface area contributed by atoms with Gasteiger partial charge in [0, 0.05) is 24.8 Å². The second-order valence-electron chi connectivity index (χ2n) is 8.82. The van der Waals surface area contributed by atoms with E-state index in [-0.39, 0.29) is 18.0 Å². The number of carbonyl (C=O) groups excluding carboxylic acids is 2. The third-order valence-electron chi connectivity index (χ3n) is 4.72. The number of piperidine rings is 1. The Labute approximate surface area is 169 Å². The van der Waals surface area contributed by atoms with Crippen LogP contribution in [0.2, 0.25) is 0 Å². The van der Waals surface area contributed by atoms with Crippen molar-refractivity contribution in [3.63, 3.8) is 0 Å². The number of nitrogens with zero attached hydrogens (tertiary/aromatic N) is 2. The van der Waals surface area contributed by atoms with Gasteiger partial charge >= 0.3 is 6.09 Å². The average molecular weight is 390 g/mol. The first-order valence-corrected chi connectivity index (χ1v) is 10.2. The number of nitrogens with one attached hydrogen (secondary N) is 1. The van der Waals surface area contributed by atoms with Crippen LogP contribution in [0.1, 0.15) is 47.5 Å². The first-order valence-electron chi connectivity index (χ1n) is 10.2. The van der Waals surface area contributed by atoms with Crippen LogP contribution in [0.3, 0.4) is 0 Å². The molecule has 0 spiro atoms. The van der Waals surface area contributed by atoms with Crippen molar-refractivity contribution >= 4 is 17.7 Å². The maximum absolute atomic E-state index is 13.0. The number of anilines is 1. The lowest BCUT2D eigenvalue weighted by Gasteiger charge is -2.35. The van der Waals surface area contributed by atoms with Gasteiger partial charge in [0.1, 0.15) is 5.60 Å². The standard InChI is InChI=1S/C22H35N3O3/c1-17(2)25(19-11-7-6-8-12-19)20(26)16-24-13-9-10-18(15-24)14-23-21(27)28-22(3,4)5/h6-8,11-12,17-18H,9-10,13-16H2,1-5H3,(H,23,27). The SMILES string of the molecule is CC(C)N(C(=O)CN1CCCC(CNC(=O)OC(C)(C)C)C1)c1ccccc1. The molecule has 1 fully saturated rings. The Morgan fingerprint density at radius 1 is 1.25 bits per heavy atom. The summed E-state index contributed by atoms with van der Waals surface area (Å²) in [5.41, 5.74) is 0.440. The van der Waals surface area contributed by atoms with Gasteiger partial charge in [0.05, 0.1) is 6.54 Å². The number of hydrogen-bond donors (Lipinski definition) is 1. The van der Waals surface area contributed by atoms with Crippen molar-refractivity contribution in [2.45, 2.75) is 59.1 Å². The van der Waals surface area contributed by atoms with Crippen LogP contribution in [0, 0.1) is 5.92 Å². The van der Waals surface area contributed by atoms with Gasteiger partial charge in [-0.1, -0.05) is 18.2 Å². The molecule has 1 aliphatic heterocycles. The van der Waals surface area contributed by atoms with Crippen LogP contribution in [0.4, 0.5) is 10.5 Å². The number of benzene rings is 1. The number of alkyl carbamates (subject to hydrolysis) is 1. The summed E-state index contributed by atoms with van der Waals surface area (Å²) in [5.74, 6) is 0.445. The third kappa shape index (κ3) is 7.15. The highest BCUT2D eigenvalue weighted by Crippen LogP contribution is 2.20. The van der Waals surface area contributed by atoms with E-state index in [1.54, 1.807) is 0 Å². The van der Waals surface area contributed by atoms with E-state index in [9.17, 15) is 9.59 Å². The molecule has 0 radical (unpaired) electrons. The highest BCUT2D eigenvalue weighted by molar-refractivity contribution is 5.95. The lowest BCUT2D eigenvalue weighted by Crippen LogP contribution is -2.48. The van der Waals surface area contributed by atoms with E-state index in [0.717, 1.165) is 31.6 Å². The van der Waals surface area contributed by atoms with Crippen molar-refractivity contribution in [1.82, 2.24) is 10.2 Å². The minimum absolute atomic E-state index is 0.101. The van der Waals surface area contributed by atoms with Gasteiger partial charge in [0.25, 0.3) is 0 Å². The molecule has 6 nitrogen and oxygen atoms in total. The van der Waals surface area contributed by atoms with Crippen LogP contribution in [0.5, 0.6) is 0 Å². The molecule has 2 amide bonds. The Balaban J connectivity index is 1.88. The van der Waals surface area contributed by atoms with Crippen LogP contribution in [-0.4, -0.2) is 54.7 Å². The summed E-state index contributed by atoms with van der Waals surface area (Å²) in [5, 5.41) is 2.87. The number of para-hydroxylation sites is 1. The number of rotatable bonds is 6. The molecule has 28 heavy (non-hydrogen) atoms. The van der Waals surface area contributed by atoms with Crippen LogP contribution >= 0.6 is 0 Å². The average Bonchev–Trinajstić information content (AvgIpc) is 2.59. The third-order valence-corrected chi connectivity index (χ3v) is 4.72. The molecule has 0 saturated carbocycles. The zero-order chi connectivity index (χ0) is 20.7. The fourth-order valence-corrected chi connectivity index (χ4v) is 3.59. The highest BCUT2D eigenvalue weighted by Gasteiger charge is 2.26. The normalized spacial score (nSPS) is 18.0. The maximum atomic E-state index is 13.0. The molecule has 0 aromatic heterocycles. The summed E-state index contributed by atoms with van der Waals surface area (Å²) < 4.78 is 5.30. The second-order valence-corrected chi connectivity index (χ2v) is 8.82. The Morgan fingerprint density at radius 3 is 2.54 bits per heavy atom. The van der Waals surface area contributed by atoms with E-state index in [0.29, 0.717) is 19.0 Å². The number of amides is 2. The molecule has 1 unspecified atom stereocenters. The van der Waals surface area contributed by atoms with E-state index < -0.39 is 5.60 Å². The van der Waals surface area contributed by atoms with Gasteiger partial charge in [0.2, 0.25) is 5.91 Å². The molecule has 156 valence electrons. The Morgan fingerprint density at radius 2 is 1.93 bits per heavy atom. The van der Waals surface area contributed by atoms with Crippen LogP contribution in [0.25, 0.3) is 0 Å². The molecule has 1 heterocycles. The molecule has 1 saturated heterocycles. The second kappa shape index (κ2) is 9.92. The summed E-state index contributed by atoms with van der Waals surface area (Å²) in [6.07, 6.45) is 1.70. The Hall–Kier alpha value is -2.08. The van der Waals surface area contributed by atoms with Crippen molar-refractivity contribution in [1.29, 1.82) is 0 Å². The number of likely N-dealkylation sites (tertiary alicyclic amines) is 1. The number of ether oxygens (including phenoxy) is 1. The van der Waals surface area contributed by atoms with Gasteiger partial charge in [-0.3, -0.25) is 9.69 Å². The monoisotopic (exact) mass is 389 g/mol. The van der Waals surface area contributed by atoms with Crippen molar-refractivity contribution in [2.24, 2.45) is 5.92 Å².